The summed E-state index contributed by atoms with van der Waals surface area (Å²) in [7, 11) is 0. The molecular weight excluding hydrogens is 144 g/mol. The highest BCUT2D eigenvalue weighted by Crippen LogP contribution is 2.13. The molecule has 0 saturated heterocycles. The molecule has 1 nitrogen and oxygen atoms in total. The molecule has 50 valence electrons. The molecule has 0 atom stereocenters. The lowest BCUT2D eigenvalue weighted by atomic mass is 10.3. The maximum atomic E-state index is 10.7. The molecule has 1 aromatic heterocycles. The summed E-state index contributed by atoms with van der Waals surface area (Å²) < 4.78 is 0. The predicted octanol–water partition coefficient (Wildman–Crippen LogP) is 1.93. The van der Waals surface area contributed by atoms with Gasteiger partial charge in [-0.3, -0.25) is 4.79 Å². The van der Waals surface area contributed by atoms with Gasteiger partial charge in [-0.2, -0.15) is 0 Å². The number of hydrogen-bond donors (Lipinski definition) is 0. The van der Waals surface area contributed by atoms with Crippen molar-refractivity contribution in [3.05, 3.63) is 21.9 Å². The van der Waals surface area contributed by atoms with Crippen LogP contribution in [0.4, 0.5) is 0 Å². The lowest BCUT2D eigenvalue weighted by molar-refractivity contribution is 0.102. The first-order valence-corrected chi connectivity index (χ1v) is 3.68. The zero-order chi connectivity index (χ0) is 7.56. The van der Waals surface area contributed by atoms with E-state index in [-0.39, 0.29) is 5.78 Å². The van der Waals surface area contributed by atoms with Crippen molar-refractivity contribution in [3.8, 4) is 12.3 Å². The molecule has 0 aliphatic rings. The molecule has 0 radical (unpaired) electrons. The highest BCUT2D eigenvalue weighted by Gasteiger charge is 2.00. The van der Waals surface area contributed by atoms with Gasteiger partial charge in [0.15, 0.2) is 5.78 Å². The number of Topliss-reactive ketones (excluding diaryl/α,β-unsaturated/α-hetero) is 1. The Morgan fingerprint density at radius 2 is 2.50 bits per heavy atom. The number of rotatable bonds is 1. The molecule has 1 aromatic rings. The molecular formula is C8H6OS. The van der Waals surface area contributed by atoms with Gasteiger partial charge in [0.2, 0.25) is 0 Å². The zero-order valence-corrected chi connectivity index (χ0v) is 6.37. The summed E-state index contributed by atoms with van der Waals surface area (Å²) in [6.07, 6.45) is 5.11. The fourth-order valence-corrected chi connectivity index (χ4v) is 1.35. The summed E-state index contributed by atoms with van der Waals surface area (Å²) >= 11 is 1.39. The third-order valence-corrected chi connectivity index (χ3v) is 2.14. The summed E-state index contributed by atoms with van der Waals surface area (Å²) in [6, 6.07) is 1.73. The van der Waals surface area contributed by atoms with Gasteiger partial charge in [0.05, 0.1) is 4.88 Å². The minimum atomic E-state index is 0.0755. The van der Waals surface area contributed by atoms with E-state index in [9.17, 15) is 4.79 Å². The van der Waals surface area contributed by atoms with Gasteiger partial charge in [0.1, 0.15) is 0 Å². The average molecular weight is 150 g/mol. The van der Waals surface area contributed by atoms with Crippen molar-refractivity contribution in [3.63, 3.8) is 0 Å². The van der Waals surface area contributed by atoms with E-state index in [2.05, 4.69) is 5.92 Å². The molecule has 0 saturated carbocycles. The number of hydrogen-bond acceptors (Lipinski definition) is 2. The molecule has 10 heavy (non-hydrogen) atoms. The lowest BCUT2D eigenvalue weighted by Crippen LogP contribution is -1.83. The lowest BCUT2D eigenvalue weighted by Gasteiger charge is -1.80. The zero-order valence-electron chi connectivity index (χ0n) is 5.55. The molecule has 0 fully saturated rings. The fraction of sp³-hybridized carbons (Fsp3) is 0.125. The van der Waals surface area contributed by atoms with Crippen LogP contribution in [0.3, 0.4) is 0 Å². The van der Waals surface area contributed by atoms with Crippen LogP contribution in [0.5, 0.6) is 0 Å². The Kier molecular flexibility index (Phi) is 1.88. The highest BCUT2D eigenvalue weighted by molar-refractivity contribution is 7.12. The second-order valence-corrected chi connectivity index (χ2v) is 2.81. The van der Waals surface area contributed by atoms with Crippen molar-refractivity contribution in [2.45, 2.75) is 6.92 Å². The largest absolute Gasteiger partial charge is 0.294 e. The Labute approximate surface area is 63.7 Å². The van der Waals surface area contributed by atoms with Crippen molar-refractivity contribution in [2.24, 2.45) is 0 Å². The van der Waals surface area contributed by atoms with E-state index in [0.717, 1.165) is 10.4 Å². The van der Waals surface area contributed by atoms with Crippen LogP contribution in [0.1, 0.15) is 22.2 Å². The Morgan fingerprint density at radius 3 is 2.80 bits per heavy atom. The van der Waals surface area contributed by atoms with Crippen LogP contribution in [0.15, 0.2) is 11.4 Å². The maximum absolute atomic E-state index is 10.7. The van der Waals surface area contributed by atoms with E-state index in [4.69, 9.17) is 6.42 Å². The first-order chi connectivity index (χ1) is 4.74. The monoisotopic (exact) mass is 150 g/mol. The van der Waals surface area contributed by atoms with Gasteiger partial charge in [-0.15, -0.1) is 17.8 Å². The normalized spacial score (nSPS) is 8.80. The number of carbonyl (C=O) groups is 1. The molecule has 0 aliphatic heterocycles. The van der Waals surface area contributed by atoms with E-state index in [1.165, 1.54) is 18.3 Å². The summed E-state index contributed by atoms with van der Waals surface area (Å²) in [5, 5.41) is 1.80. The van der Waals surface area contributed by atoms with Gasteiger partial charge in [-0.05, 0) is 13.0 Å². The minimum Gasteiger partial charge on any atom is -0.294 e. The number of thiophene rings is 1. The smallest absolute Gasteiger partial charge is 0.169 e. The van der Waals surface area contributed by atoms with Crippen LogP contribution in [-0.2, 0) is 0 Å². The Morgan fingerprint density at radius 1 is 1.80 bits per heavy atom. The summed E-state index contributed by atoms with van der Waals surface area (Å²) in [5.41, 5.74) is 0.787. The third kappa shape index (κ3) is 1.26. The predicted molar refractivity (Wildman–Crippen MR) is 42.3 cm³/mol. The van der Waals surface area contributed by atoms with E-state index >= 15 is 0 Å². The first-order valence-electron chi connectivity index (χ1n) is 2.80. The molecule has 0 aromatic carbocycles. The number of terminal acetylenes is 1. The summed E-state index contributed by atoms with van der Waals surface area (Å²) in [6.45, 7) is 1.53. The standard InChI is InChI=1S/C8H6OS/c1-3-7-4-8(6(2)9)10-5-7/h1,4-5H,2H3. The van der Waals surface area contributed by atoms with Gasteiger partial charge in [-0.25, -0.2) is 0 Å². The van der Waals surface area contributed by atoms with Gasteiger partial charge >= 0.3 is 0 Å². The third-order valence-electron chi connectivity index (χ3n) is 1.11. The van der Waals surface area contributed by atoms with E-state index < -0.39 is 0 Å². The van der Waals surface area contributed by atoms with Crippen molar-refractivity contribution >= 4 is 17.1 Å². The quantitative estimate of drug-likeness (QED) is 0.441. The highest BCUT2D eigenvalue weighted by atomic mass is 32.1. The van der Waals surface area contributed by atoms with Crippen molar-refractivity contribution < 1.29 is 4.79 Å². The number of ketones is 1. The second kappa shape index (κ2) is 2.68. The van der Waals surface area contributed by atoms with Crippen molar-refractivity contribution in [1.82, 2.24) is 0 Å². The van der Waals surface area contributed by atoms with E-state index in [0.29, 0.717) is 0 Å². The maximum Gasteiger partial charge on any atom is 0.169 e. The molecule has 0 unspecified atom stereocenters. The molecule has 0 spiro atoms. The van der Waals surface area contributed by atoms with Crippen LogP contribution < -0.4 is 0 Å². The first kappa shape index (κ1) is 7.04. The Hall–Kier alpha value is -1.07. The topological polar surface area (TPSA) is 17.1 Å². The molecule has 0 amide bonds. The Balaban J connectivity index is 3.02. The van der Waals surface area contributed by atoms with Crippen molar-refractivity contribution in [1.29, 1.82) is 0 Å². The minimum absolute atomic E-state index is 0.0755. The Bertz CT molecular complexity index is 290. The molecule has 1 heterocycles. The second-order valence-electron chi connectivity index (χ2n) is 1.90. The summed E-state index contributed by atoms with van der Waals surface area (Å²) in [4.78, 5) is 11.4. The van der Waals surface area contributed by atoms with Gasteiger partial charge < -0.3 is 0 Å². The van der Waals surface area contributed by atoms with Crippen LogP contribution >= 0.6 is 11.3 Å². The summed E-state index contributed by atoms with van der Waals surface area (Å²) in [5.74, 6) is 2.54. The number of carbonyl (C=O) groups excluding carboxylic acids is 1. The van der Waals surface area contributed by atoms with E-state index in [1.807, 2.05) is 0 Å². The SMILES string of the molecule is C#Cc1csc(C(C)=O)c1. The average Bonchev–Trinajstić information content (AvgIpc) is 2.34. The van der Waals surface area contributed by atoms with Crippen LogP contribution in [0.2, 0.25) is 0 Å². The fourth-order valence-electron chi connectivity index (χ4n) is 0.597. The molecule has 1 rings (SSSR count). The molecule has 2 heteroatoms. The molecule has 0 aliphatic carbocycles. The van der Waals surface area contributed by atoms with Crippen LogP contribution in [0.25, 0.3) is 0 Å². The van der Waals surface area contributed by atoms with Gasteiger partial charge in [-0.1, -0.05) is 5.92 Å². The van der Waals surface area contributed by atoms with Crippen molar-refractivity contribution in [2.75, 3.05) is 0 Å². The molecule has 0 N–H and O–H groups in total. The van der Waals surface area contributed by atoms with Crippen LogP contribution in [-0.4, -0.2) is 5.78 Å². The van der Waals surface area contributed by atoms with Gasteiger partial charge in [0, 0.05) is 10.9 Å². The van der Waals surface area contributed by atoms with Gasteiger partial charge in [0.25, 0.3) is 0 Å². The van der Waals surface area contributed by atoms with Crippen LogP contribution in [0, 0.1) is 12.3 Å². The molecule has 0 bridgehead atoms. The van der Waals surface area contributed by atoms with E-state index in [1.54, 1.807) is 11.4 Å².